The average molecular weight is 228 g/mol. The summed E-state index contributed by atoms with van der Waals surface area (Å²) in [6, 6.07) is 1.31. The van der Waals surface area contributed by atoms with Gasteiger partial charge in [0.05, 0.1) is 17.2 Å². The summed E-state index contributed by atoms with van der Waals surface area (Å²) in [7, 11) is 0. The summed E-state index contributed by atoms with van der Waals surface area (Å²) in [5.74, 6) is 0. The number of nitrogens with zero attached hydrogens (tertiary/aromatic N) is 2. The fourth-order valence-electron chi connectivity index (χ4n) is 1.22. The highest BCUT2D eigenvalue weighted by Crippen LogP contribution is 2.21. The van der Waals surface area contributed by atoms with Crippen molar-refractivity contribution in [1.29, 1.82) is 0 Å². The predicted molar refractivity (Wildman–Crippen MR) is 53.7 cm³/mol. The Kier molecular flexibility index (Phi) is 3.88. The van der Waals surface area contributed by atoms with Crippen LogP contribution in [0.15, 0.2) is 12.3 Å². The molecule has 7 nitrogen and oxygen atoms in total. The van der Waals surface area contributed by atoms with E-state index in [9.17, 15) is 20.3 Å². The minimum atomic E-state index is -1.36. The number of hydrogen-bond donors (Lipinski definition) is 3. The van der Waals surface area contributed by atoms with Gasteiger partial charge in [-0.3, -0.25) is 15.1 Å². The fourth-order valence-corrected chi connectivity index (χ4v) is 1.22. The van der Waals surface area contributed by atoms with Crippen molar-refractivity contribution in [3.8, 4) is 0 Å². The lowest BCUT2D eigenvalue weighted by molar-refractivity contribution is -0.385. The van der Waals surface area contributed by atoms with E-state index in [4.69, 9.17) is 5.11 Å². The molecule has 1 aromatic rings. The molecule has 0 fully saturated rings. The van der Waals surface area contributed by atoms with Crippen molar-refractivity contribution >= 4 is 5.69 Å². The number of aliphatic hydroxyl groups excluding tert-OH is 3. The van der Waals surface area contributed by atoms with Crippen LogP contribution in [-0.4, -0.2) is 37.9 Å². The van der Waals surface area contributed by atoms with E-state index in [1.54, 1.807) is 0 Å². The summed E-state index contributed by atoms with van der Waals surface area (Å²) < 4.78 is 0. The van der Waals surface area contributed by atoms with Crippen molar-refractivity contribution in [1.82, 2.24) is 4.98 Å². The Morgan fingerprint density at radius 3 is 2.62 bits per heavy atom. The van der Waals surface area contributed by atoms with Crippen molar-refractivity contribution in [2.24, 2.45) is 0 Å². The highest BCUT2D eigenvalue weighted by atomic mass is 16.6. The van der Waals surface area contributed by atoms with Crippen LogP contribution in [0.1, 0.15) is 17.4 Å². The molecule has 0 bridgehead atoms. The third-order valence-corrected chi connectivity index (χ3v) is 2.16. The molecule has 0 saturated heterocycles. The number of rotatable bonds is 4. The van der Waals surface area contributed by atoms with Gasteiger partial charge in [0, 0.05) is 5.56 Å². The molecular formula is C9H12N2O5. The first-order chi connectivity index (χ1) is 7.47. The Bertz CT molecular complexity index is 395. The zero-order valence-electron chi connectivity index (χ0n) is 8.57. The lowest BCUT2D eigenvalue weighted by Crippen LogP contribution is -2.23. The summed E-state index contributed by atoms with van der Waals surface area (Å²) in [5, 5.41) is 37.8. The quantitative estimate of drug-likeness (QED) is 0.480. The van der Waals surface area contributed by atoms with Crippen LogP contribution in [0.3, 0.4) is 0 Å². The molecule has 1 aromatic heterocycles. The van der Waals surface area contributed by atoms with E-state index >= 15 is 0 Å². The van der Waals surface area contributed by atoms with Gasteiger partial charge in [-0.1, -0.05) is 0 Å². The summed E-state index contributed by atoms with van der Waals surface area (Å²) in [5.41, 5.74) is 0.262. The number of hydrogen-bond acceptors (Lipinski definition) is 6. The number of nitro groups is 1. The number of aryl methyl sites for hydroxylation is 1. The second kappa shape index (κ2) is 4.97. The predicted octanol–water partition coefficient (Wildman–Crippen LogP) is -0.315. The molecule has 0 aliphatic heterocycles. The van der Waals surface area contributed by atoms with Gasteiger partial charge in [-0.25, -0.2) is 0 Å². The monoisotopic (exact) mass is 228 g/mol. The average Bonchev–Trinajstić information content (AvgIpc) is 2.26. The fraction of sp³-hybridized carbons (Fsp3) is 0.444. The Morgan fingerprint density at radius 1 is 1.56 bits per heavy atom. The minimum absolute atomic E-state index is 0.0876. The van der Waals surface area contributed by atoms with Crippen LogP contribution in [0.25, 0.3) is 0 Å². The Balaban J connectivity index is 3.01. The molecule has 0 aliphatic carbocycles. The van der Waals surface area contributed by atoms with Crippen LogP contribution in [0.5, 0.6) is 0 Å². The first kappa shape index (κ1) is 12.5. The maximum Gasteiger partial charge on any atom is 0.290 e. The van der Waals surface area contributed by atoms with Crippen molar-refractivity contribution in [3.05, 3.63) is 33.6 Å². The standard InChI is InChI=1S/C9H12N2O5/c1-5-2-6(9(14)8(13)4-12)10-3-7(5)11(15)16/h2-3,8-9,12-14H,4H2,1H3. The summed E-state index contributed by atoms with van der Waals surface area (Å²) in [6.07, 6.45) is -1.70. The topological polar surface area (TPSA) is 117 Å². The molecule has 2 atom stereocenters. The zero-order chi connectivity index (χ0) is 12.3. The normalized spacial score (nSPS) is 14.5. The summed E-state index contributed by atoms with van der Waals surface area (Å²) >= 11 is 0. The number of pyridine rings is 1. The molecule has 0 radical (unpaired) electrons. The molecule has 0 aromatic carbocycles. The van der Waals surface area contributed by atoms with Crippen molar-refractivity contribution in [2.45, 2.75) is 19.1 Å². The van der Waals surface area contributed by atoms with E-state index in [1.165, 1.54) is 13.0 Å². The van der Waals surface area contributed by atoms with Gasteiger partial charge in [0.15, 0.2) is 0 Å². The van der Waals surface area contributed by atoms with Gasteiger partial charge in [0.2, 0.25) is 0 Å². The smallest absolute Gasteiger partial charge is 0.290 e. The van der Waals surface area contributed by atoms with E-state index < -0.39 is 23.7 Å². The molecule has 16 heavy (non-hydrogen) atoms. The maximum atomic E-state index is 10.5. The minimum Gasteiger partial charge on any atom is -0.394 e. The van der Waals surface area contributed by atoms with E-state index in [0.29, 0.717) is 5.56 Å². The molecule has 88 valence electrons. The second-order valence-corrected chi connectivity index (χ2v) is 3.35. The Hall–Kier alpha value is -1.57. The van der Waals surface area contributed by atoms with Gasteiger partial charge in [0.25, 0.3) is 5.69 Å². The first-order valence-electron chi connectivity index (χ1n) is 4.55. The van der Waals surface area contributed by atoms with Gasteiger partial charge < -0.3 is 15.3 Å². The maximum absolute atomic E-state index is 10.5. The van der Waals surface area contributed by atoms with Gasteiger partial charge >= 0.3 is 0 Å². The van der Waals surface area contributed by atoms with Crippen LogP contribution >= 0.6 is 0 Å². The van der Waals surface area contributed by atoms with Gasteiger partial charge in [-0.2, -0.15) is 0 Å². The summed E-state index contributed by atoms with van der Waals surface area (Å²) in [6.45, 7) is 0.889. The largest absolute Gasteiger partial charge is 0.394 e. The molecule has 0 spiro atoms. The van der Waals surface area contributed by atoms with Crippen molar-refractivity contribution in [2.75, 3.05) is 6.61 Å². The third-order valence-electron chi connectivity index (χ3n) is 2.16. The molecule has 1 heterocycles. The molecule has 0 amide bonds. The van der Waals surface area contributed by atoms with E-state index in [-0.39, 0.29) is 11.4 Å². The molecule has 1 rings (SSSR count). The van der Waals surface area contributed by atoms with E-state index in [0.717, 1.165) is 6.20 Å². The molecule has 3 N–H and O–H groups in total. The zero-order valence-corrected chi connectivity index (χ0v) is 8.57. The van der Waals surface area contributed by atoms with Gasteiger partial charge in [-0.05, 0) is 13.0 Å². The highest BCUT2D eigenvalue weighted by Gasteiger charge is 2.21. The number of aromatic nitrogens is 1. The van der Waals surface area contributed by atoms with Gasteiger partial charge in [-0.15, -0.1) is 0 Å². The lowest BCUT2D eigenvalue weighted by atomic mass is 10.1. The molecule has 0 saturated carbocycles. The SMILES string of the molecule is Cc1cc(C(O)C(O)CO)ncc1[N+](=O)[O-]. The van der Waals surface area contributed by atoms with Crippen molar-refractivity contribution in [3.63, 3.8) is 0 Å². The van der Waals surface area contributed by atoms with E-state index in [2.05, 4.69) is 4.98 Å². The second-order valence-electron chi connectivity index (χ2n) is 3.35. The van der Waals surface area contributed by atoms with Gasteiger partial charge in [0.1, 0.15) is 18.4 Å². The van der Waals surface area contributed by atoms with Crippen LogP contribution in [0.4, 0.5) is 5.69 Å². The Morgan fingerprint density at radius 2 is 2.19 bits per heavy atom. The molecule has 7 heteroatoms. The van der Waals surface area contributed by atoms with E-state index in [1.807, 2.05) is 0 Å². The van der Waals surface area contributed by atoms with Crippen LogP contribution in [0, 0.1) is 17.0 Å². The summed E-state index contributed by atoms with van der Waals surface area (Å²) in [4.78, 5) is 13.6. The highest BCUT2D eigenvalue weighted by molar-refractivity contribution is 5.38. The van der Waals surface area contributed by atoms with Crippen LogP contribution in [0.2, 0.25) is 0 Å². The molecule has 2 unspecified atom stereocenters. The third kappa shape index (κ3) is 2.51. The first-order valence-corrected chi connectivity index (χ1v) is 4.55. The Labute approximate surface area is 91.1 Å². The molecular weight excluding hydrogens is 216 g/mol. The number of aliphatic hydroxyl groups is 3. The van der Waals surface area contributed by atoms with Crippen LogP contribution < -0.4 is 0 Å². The van der Waals surface area contributed by atoms with Crippen LogP contribution in [-0.2, 0) is 0 Å². The lowest BCUT2D eigenvalue weighted by Gasteiger charge is -2.14. The van der Waals surface area contributed by atoms with Crippen molar-refractivity contribution < 1.29 is 20.2 Å². The molecule has 0 aliphatic rings.